The molecule has 0 bridgehead atoms. The van der Waals surface area contributed by atoms with E-state index in [0.29, 0.717) is 0 Å². The molecule has 0 aliphatic carbocycles. The van der Waals surface area contributed by atoms with E-state index >= 15 is 0 Å². The van der Waals surface area contributed by atoms with E-state index in [1.54, 1.807) is 0 Å². The van der Waals surface area contributed by atoms with Gasteiger partial charge in [-0.05, 0) is 0 Å². The van der Waals surface area contributed by atoms with E-state index in [1.807, 2.05) is 0 Å². The molecule has 1 aromatic rings. The summed E-state index contributed by atoms with van der Waals surface area (Å²) >= 11 is 0. The molecule has 0 spiro atoms. The largest absolute Gasteiger partial charge is 0.510 e. The number of hydrogen-bond acceptors (Lipinski definition) is 3. The zero-order valence-electron chi connectivity index (χ0n) is 4.59. The van der Waals surface area contributed by atoms with Crippen molar-refractivity contribution < 1.29 is 9.58 Å². The first kappa shape index (κ1) is 6.15. The maximum atomic E-state index is 10.6. The Balaban J connectivity index is 4.06. The molecule has 0 aliphatic rings. The van der Waals surface area contributed by atoms with Crippen molar-refractivity contribution in [3.8, 4) is 0 Å². The highest BCUT2D eigenvalue weighted by Crippen LogP contribution is 1.29. The van der Waals surface area contributed by atoms with Crippen molar-refractivity contribution in [2.75, 3.05) is 0 Å². The summed E-state index contributed by atoms with van der Waals surface area (Å²) in [5, 5.41) is 6.14. The zero-order valence-corrected chi connectivity index (χ0v) is 4.59. The van der Waals surface area contributed by atoms with Gasteiger partial charge in [0.05, 0.1) is 0 Å². The molecule has 7 heteroatoms. The van der Waals surface area contributed by atoms with Crippen molar-refractivity contribution in [2.24, 2.45) is 0 Å². The smallest absolute Gasteiger partial charge is 0.497 e. The van der Waals surface area contributed by atoms with Crippen molar-refractivity contribution in [3.05, 3.63) is 32.3 Å². The molecule has 0 aliphatic heterocycles. The van der Waals surface area contributed by atoms with Crippen LogP contribution in [0, 0.1) is 0 Å². The normalized spacial score (nSPS) is 8.40. The Morgan fingerprint density at radius 1 is 1.10 bits per heavy atom. The first-order valence-electron chi connectivity index (χ1n) is 2.20. The van der Waals surface area contributed by atoms with Gasteiger partial charge >= 0.3 is 16.4 Å². The van der Waals surface area contributed by atoms with Crippen LogP contribution in [0.15, 0.2) is 4.79 Å². The lowest BCUT2D eigenvalue weighted by molar-refractivity contribution is -0.0793. The fourth-order valence-corrected chi connectivity index (χ4v) is 0.416. The van der Waals surface area contributed by atoms with Gasteiger partial charge in [-0.15, -0.1) is 0 Å². The van der Waals surface area contributed by atoms with E-state index in [9.17, 15) is 4.79 Å². The summed E-state index contributed by atoms with van der Waals surface area (Å²) < 4.78 is 0. The van der Waals surface area contributed by atoms with E-state index < -0.39 is 16.4 Å². The Labute approximate surface area is 53.2 Å². The molecule has 1 heterocycles. The van der Waals surface area contributed by atoms with Gasteiger partial charge in [0, 0.05) is 0 Å². The van der Waals surface area contributed by atoms with E-state index in [1.165, 1.54) is 0 Å². The molecule has 0 radical (unpaired) electrons. The van der Waals surface area contributed by atoms with Crippen molar-refractivity contribution in [1.29, 1.82) is 0 Å². The van der Waals surface area contributed by atoms with E-state index in [2.05, 4.69) is 19.8 Å². The van der Waals surface area contributed by atoms with Crippen LogP contribution >= 0.6 is 0 Å². The maximum Gasteiger partial charge on any atom is 0.510 e. The Hall–Kier alpha value is -1.97. The first-order chi connectivity index (χ1) is 4.79. The van der Waals surface area contributed by atoms with Gasteiger partial charge in [-0.25, -0.2) is 0 Å². The van der Waals surface area contributed by atoms with E-state index in [0.717, 1.165) is 0 Å². The second-order valence-electron chi connectivity index (χ2n) is 1.38. The van der Waals surface area contributed by atoms with Gasteiger partial charge in [-0.3, -0.25) is 14.4 Å². The summed E-state index contributed by atoms with van der Waals surface area (Å²) in [7, 11) is 0. The molecular formula is C3N6O. The minimum absolute atomic E-state index is 0.479. The van der Waals surface area contributed by atoms with Crippen molar-refractivity contribution in [3.63, 3.8) is 0 Å². The van der Waals surface area contributed by atoms with Crippen molar-refractivity contribution >= 4 is 0 Å². The zero-order chi connectivity index (χ0) is 7.56. The molecule has 7 nitrogen and oxygen atoms in total. The summed E-state index contributed by atoms with van der Waals surface area (Å²) in [6.07, 6.45) is 0. The second kappa shape index (κ2) is 2.10. The molecule has 48 valence electrons. The lowest BCUT2D eigenvalue weighted by atomic mass is 10.6. The predicted octanol–water partition coefficient (Wildman–Crippen LogP) is -3.03. The average Bonchev–Trinajstić information content (AvgIpc) is 2.30. The highest BCUT2D eigenvalue weighted by molar-refractivity contribution is 4.71. The van der Waals surface area contributed by atoms with E-state index in [-0.39, 0.29) is 0 Å². The lowest BCUT2D eigenvalue weighted by Crippen LogP contribution is -2.34. The third-order valence-electron chi connectivity index (χ3n) is 0.835. The number of aromatic nitrogens is 2. The van der Waals surface area contributed by atoms with Crippen LogP contribution in [0.2, 0.25) is 0 Å². The number of rotatable bonds is 0. The van der Waals surface area contributed by atoms with E-state index in [4.69, 9.17) is 11.1 Å². The van der Waals surface area contributed by atoms with Gasteiger partial charge in [0.1, 0.15) is 0 Å². The van der Waals surface area contributed by atoms with Crippen LogP contribution < -0.4 is 16.4 Å². The summed E-state index contributed by atoms with van der Waals surface area (Å²) in [5.41, 5.74) is 14.3. The lowest BCUT2D eigenvalue weighted by Gasteiger charge is -1.46. The number of hydrogen-bond donors (Lipinski definition) is 0. The quantitative estimate of drug-likeness (QED) is 0.279. The molecular weight excluding hydrogens is 136 g/mol. The summed E-state index contributed by atoms with van der Waals surface area (Å²) in [6.45, 7) is 0. The fraction of sp³-hybridized carbons (Fsp3) is 0. The highest BCUT2D eigenvalue weighted by atomic mass is 16.1. The Morgan fingerprint density at radius 3 is 1.70 bits per heavy atom. The van der Waals surface area contributed by atoms with Crippen LogP contribution in [0.4, 0.5) is 0 Å². The topological polar surface area (TPSA) is 116 Å². The average molecular weight is 136 g/mol. The van der Waals surface area contributed by atoms with Gasteiger partial charge in [0.15, 0.2) is 0 Å². The molecule has 1 aromatic heterocycles. The van der Waals surface area contributed by atoms with Gasteiger partial charge in [-0.1, -0.05) is 0 Å². The molecule has 0 N–H and O–H groups in total. The third kappa shape index (κ3) is 0.675. The summed E-state index contributed by atoms with van der Waals surface area (Å²) in [4.78, 5) is 15.6. The highest BCUT2D eigenvalue weighted by Gasteiger charge is 2.17. The van der Waals surface area contributed by atoms with Crippen LogP contribution in [0.25, 0.3) is 11.1 Å². The molecule has 10 heavy (non-hydrogen) atoms. The standard InChI is InChI=1S/C3N6O/c4-6-2-1(10)3(7-5)9-8-2. The van der Waals surface area contributed by atoms with Gasteiger partial charge in [0.2, 0.25) is 10.2 Å². The fourth-order valence-electron chi connectivity index (χ4n) is 0.416. The molecule has 0 saturated heterocycles. The SMILES string of the molecule is [N-]=[N+]=c1nnc(=[N+]=[N-])c1=O. The third-order valence-corrected chi connectivity index (χ3v) is 0.835. The minimum Gasteiger partial charge on any atom is -0.497 e. The molecule has 0 fully saturated rings. The predicted molar refractivity (Wildman–Crippen MR) is 24.2 cm³/mol. The summed E-state index contributed by atoms with van der Waals surface area (Å²) in [5.74, 6) is 0. The molecule has 0 amide bonds. The Morgan fingerprint density at radius 2 is 1.50 bits per heavy atom. The Kier molecular flexibility index (Phi) is 1.29. The van der Waals surface area contributed by atoms with Crippen LogP contribution in [-0.4, -0.2) is 19.8 Å². The molecule has 0 saturated carbocycles. The van der Waals surface area contributed by atoms with Gasteiger partial charge in [0.25, 0.3) is 0 Å². The minimum atomic E-state index is -0.801. The monoisotopic (exact) mass is 136 g/mol. The Bertz CT molecular complexity index is 400. The molecule has 1 rings (SSSR count). The number of nitrogens with zero attached hydrogens (tertiary/aromatic N) is 6. The van der Waals surface area contributed by atoms with Gasteiger partial charge < -0.3 is 11.1 Å². The van der Waals surface area contributed by atoms with Crippen molar-refractivity contribution in [1.82, 2.24) is 10.2 Å². The van der Waals surface area contributed by atoms with Crippen LogP contribution in [0.3, 0.4) is 0 Å². The van der Waals surface area contributed by atoms with Crippen molar-refractivity contribution in [2.45, 2.75) is 0 Å². The van der Waals surface area contributed by atoms with Crippen LogP contribution in [-0.2, 0) is 0 Å². The molecule has 0 aromatic carbocycles. The first-order valence-corrected chi connectivity index (χ1v) is 2.20. The van der Waals surface area contributed by atoms with Gasteiger partial charge in [-0.2, -0.15) is 0 Å². The summed E-state index contributed by atoms with van der Waals surface area (Å²) in [6, 6.07) is 0. The molecule has 0 unspecified atom stereocenters. The molecule has 0 atom stereocenters. The van der Waals surface area contributed by atoms with Crippen LogP contribution in [0.1, 0.15) is 0 Å². The van der Waals surface area contributed by atoms with Crippen LogP contribution in [0.5, 0.6) is 0 Å². The second-order valence-corrected chi connectivity index (χ2v) is 1.38. The maximum absolute atomic E-state index is 10.6.